The Kier molecular flexibility index (Phi) is 6.81. The molecule has 1 aromatic carbocycles. The number of carboxylic acid groups (broad SMARTS) is 1. The van der Waals surface area contributed by atoms with Crippen molar-refractivity contribution in [3.05, 3.63) is 23.8 Å². The summed E-state index contributed by atoms with van der Waals surface area (Å²) in [5, 5.41) is 18.4. The van der Waals surface area contributed by atoms with E-state index in [0.717, 1.165) is 25.7 Å². The molecule has 1 rings (SSSR count). The van der Waals surface area contributed by atoms with Crippen molar-refractivity contribution in [3.63, 3.8) is 0 Å². The lowest BCUT2D eigenvalue weighted by Crippen LogP contribution is -2.03. The fourth-order valence-corrected chi connectivity index (χ4v) is 2.05. The van der Waals surface area contributed by atoms with E-state index in [9.17, 15) is 9.90 Å². The van der Waals surface area contributed by atoms with Gasteiger partial charge in [0.15, 0.2) is 11.5 Å². The lowest BCUT2D eigenvalue weighted by atomic mass is 10.0. The molecule has 19 heavy (non-hydrogen) atoms. The number of benzene rings is 1. The number of hydrogen-bond donors (Lipinski definition) is 2. The van der Waals surface area contributed by atoms with E-state index < -0.39 is 6.16 Å². The molecule has 0 saturated heterocycles. The summed E-state index contributed by atoms with van der Waals surface area (Å²) in [4.78, 5) is 10.1. The molecule has 0 aromatic heterocycles. The van der Waals surface area contributed by atoms with Crippen LogP contribution in [-0.2, 0) is 6.42 Å². The number of phenolic OH excluding ortho intramolecular Hbond substituents is 1. The Morgan fingerprint density at radius 2 is 2.00 bits per heavy atom. The largest absolute Gasteiger partial charge is 0.511 e. The molecule has 0 radical (unpaired) electrons. The highest BCUT2D eigenvalue weighted by molar-refractivity contribution is 6.44. The second-order valence-corrected chi connectivity index (χ2v) is 5.40. The van der Waals surface area contributed by atoms with E-state index in [-0.39, 0.29) is 16.3 Å². The van der Waals surface area contributed by atoms with E-state index >= 15 is 0 Å². The summed E-state index contributed by atoms with van der Waals surface area (Å²) < 4.78 is 4.48. The van der Waals surface area contributed by atoms with E-state index in [1.54, 1.807) is 12.1 Å². The number of aromatic hydroxyl groups is 1. The predicted octanol–water partition coefficient (Wildman–Crippen LogP) is 4.36. The van der Waals surface area contributed by atoms with Crippen LogP contribution in [-0.4, -0.2) is 21.2 Å². The van der Waals surface area contributed by atoms with Crippen molar-refractivity contribution in [3.8, 4) is 11.5 Å². The first kappa shape index (κ1) is 15.9. The highest BCUT2D eigenvalue weighted by Crippen LogP contribution is 2.31. The van der Waals surface area contributed by atoms with Gasteiger partial charge in [0.1, 0.15) is 4.84 Å². The monoisotopic (exact) mass is 306 g/mol. The van der Waals surface area contributed by atoms with E-state index in [1.165, 1.54) is 6.07 Å². The van der Waals surface area contributed by atoms with Crippen LogP contribution in [0.2, 0.25) is 0 Å². The van der Waals surface area contributed by atoms with Gasteiger partial charge in [0.2, 0.25) is 0 Å². The highest BCUT2D eigenvalue weighted by atomic mass is 35.5. The Labute approximate surface area is 121 Å². The molecule has 0 unspecified atom stereocenters. The summed E-state index contributed by atoms with van der Waals surface area (Å²) in [5.74, 6) is -0.149. The van der Waals surface area contributed by atoms with Crippen LogP contribution in [0.15, 0.2) is 18.2 Å². The van der Waals surface area contributed by atoms with Gasteiger partial charge in [0.25, 0.3) is 0 Å². The predicted molar refractivity (Wildman–Crippen MR) is 74.4 cm³/mol. The summed E-state index contributed by atoms with van der Waals surface area (Å²) >= 11 is 11.2. The van der Waals surface area contributed by atoms with E-state index in [2.05, 4.69) is 4.74 Å². The van der Waals surface area contributed by atoms with Crippen molar-refractivity contribution in [2.24, 2.45) is 0 Å². The topological polar surface area (TPSA) is 66.8 Å². The van der Waals surface area contributed by atoms with Gasteiger partial charge in [-0.25, -0.2) is 4.79 Å². The maximum absolute atomic E-state index is 10.4. The van der Waals surface area contributed by atoms with Crippen LogP contribution in [0.25, 0.3) is 0 Å². The number of carbonyl (C=O) groups is 1. The Morgan fingerprint density at radius 1 is 1.26 bits per heavy atom. The molecule has 0 bridgehead atoms. The normalized spacial score (nSPS) is 10.7. The first-order valence-corrected chi connectivity index (χ1v) is 6.87. The smallest absolute Gasteiger partial charge is 0.504 e. The molecule has 106 valence electrons. The minimum atomic E-state index is -1.44. The van der Waals surface area contributed by atoms with Crippen LogP contribution in [0.4, 0.5) is 4.79 Å². The number of para-hydroxylation sites is 1. The Morgan fingerprint density at radius 3 is 2.63 bits per heavy atom. The average molecular weight is 307 g/mol. The Hall–Kier alpha value is -1.13. The molecule has 2 N–H and O–H groups in total. The number of aryl methyl sites for hydroxylation is 1. The maximum atomic E-state index is 10.4. The molecule has 4 nitrogen and oxygen atoms in total. The van der Waals surface area contributed by atoms with Crippen molar-refractivity contribution in [2.45, 2.75) is 36.9 Å². The molecule has 0 fully saturated rings. The quantitative estimate of drug-likeness (QED) is 0.340. The van der Waals surface area contributed by atoms with Gasteiger partial charge in [-0.15, -0.1) is 23.2 Å². The summed E-state index contributed by atoms with van der Waals surface area (Å²) in [5.41, 5.74) is 0.673. The van der Waals surface area contributed by atoms with E-state index in [0.29, 0.717) is 12.0 Å². The number of phenols is 1. The first-order valence-electron chi connectivity index (χ1n) is 6.00. The summed E-state index contributed by atoms with van der Waals surface area (Å²) in [7, 11) is 0. The number of hydrogen-bond acceptors (Lipinski definition) is 3. The van der Waals surface area contributed by atoms with Gasteiger partial charge >= 0.3 is 6.16 Å². The minimum absolute atomic E-state index is 0.0356. The standard InChI is InChI=1S/C13H16Cl2O4/c14-11(15)8-3-1-2-5-9-6-4-7-10(12(9)16)19-13(17)18/h4,6-7,11,16H,1-3,5,8H2,(H,17,18). The Bertz CT molecular complexity index is 421. The van der Waals surface area contributed by atoms with Gasteiger partial charge < -0.3 is 14.9 Å². The summed E-state index contributed by atoms with van der Waals surface area (Å²) in [6.07, 6.45) is 2.69. The molecule has 0 atom stereocenters. The third-order valence-electron chi connectivity index (χ3n) is 2.65. The maximum Gasteiger partial charge on any atom is 0.511 e. The van der Waals surface area contributed by atoms with Crippen LogP contribution in [0.5, 0.6) is 11.5 Å². The zero-order valence-electron chi connectivity index (χ0n) is 10.3. The average Bonchev–Trinajstić information content (AvgIpc) is 2.32. The highest BCUT2D eigenvalue weighted by Gasteiger charge is 2.10. The number of ether oxygens (including phenoxy) is 1. The summed E-state index contributed by atoms with van der Waals surface area (Å²) in [6, 6.07) is 4.81. The minimum Gasteiger partial charge on any atom is -0.504 e. The molecule has 0 aliphatic rings. The number of halogens is 2. The second-order valence-electron chi connectivity index (χ2n) is 4.12. The lowest BCUT2D eigenvalue weighted by molar-refractivity contribution is 0.143. The molecule has 6 heteroatoms. The fourth-order valence-electron chi connectivity index (χ4n) is 1.74. The SMILES string of the molecule is O=C(O)Oc1cccc(CCCCCC(Cl)Cl)c1O. The van der Waals surface area contributed by atoms with E-state index in [1.807, 2.05) is 0 Å². The van der Waals surface area contributed by atoms with Gasteiger partial charge in [-0.2, -0.15) is 0 Å². The summed E-state index contributed by atoms with van der Waals surface area (Å²) in [6.45, 7) is 0. The number of rotatable bonds is 7. The lowest BCUT2D eigenvalue weighted by Gasteiger charge is -2.08. The van der Waals surface area contributed by atoms with Gasteiger partial charge in [-0.1, -0.05) is 25.0 Å². The first-order chi connectivity index (χ1) is 9.00. The molecule has 0 heterocycles. The van der Waals surface area contributed by atoms with E-state index in [4.69, 9.17) is 28.3 Å². The van der Waals surface area contributed by atoms with Gasteiger partial charge in [-0.3, -0.25) is 0 Å². The third kappa shape index (κ3) is 6.03. The molecular weight excluding hydrogens is 291 g/mol. The number of unbranched alkanes of at least 4 members (excludes halogenated alkanes) is 2. The molecule has 0 aliphatic carbocycles. The van der Waals surface area contributed by atoms with Gasteiger partial charge in [0, 0.05) is 0 Å². The van der Waals surface area contributed by atoms with Crippen molar-refractivity contribution < 1.29 is 19.7 Å². The van der Waals surface area contributed by atoms with Crippen molar-refractivity contribution in [2.75, 3.05) is 0 Å². The fraction of sp³-hybridized carbons (Fsp3) is 0.462. The second kappa shape index (κ2) is 8.12. The van der Waals surface area contributed by atoms with Gasteiger partial charge in [-0.05, 0) is 30.9 Å². The molecule has 0 spiro atoms. The molecular formula is C13H16Cl2O4. The molecule has 1 aromatic rings. The van der Waals surface area contributed by atoms with Crippen LogP contribution in [0.3, 0.4) is 0 Å². The van der Waals surface area contributed by atoms with Crippen molar-refractivity contribution in [1.82, 2.24) is 0 Å². The Balaban J connectivity index is 2.47. The zero-order chi connectivity index (χ0) is 14.3. The molecule has 0 amide bonds. The van der Waals surface area contributed by atoms with Crippen LogP contribution < -0.4 is 4.74 Å². The number of alkyl halides is 2. The zero-order valence-corrected chi connectivity index (χ0v) is 11.8. The van der Waals surface area contributed by atoms with Crippen LogP contribution >= 0.6 is 23.2 Å². The molecule has 0 aliphatic heterocycles. The van der Waals surface area contributed by atoms with Crippen molar-refractivity contribution >= 4 is 29.4 Å². The third-order valence-corrected chi connectivity index (χ3v) is 3.08. The van der Waals surface area contributed by atoms with Crippen LogP contribution in [0, 0.1) is 0 Å². The van der Waals surface area contributed by atoms with Crippen molar-refractivity contribution in [1.29, 1.82) is 0 Å². The van der Waals surface area contributed by atoms with Gasteiger partial charge in [0.05, 0.1) is 0 Å². The molecule has 0 saturated carbocycles. The van der Waals surface area contributed by atoms with Crippen LogP contribution in [0.1, 0.15) is 31.2 Å².